The number of likely N-dealkylation sites (tertiary alicyclic amines) is 1. The summed E-state index contributed by atoms with van der Waals surface area (Å²) in [6.07, 6.45) is 3.57. The van der Waals surface area contributed by atoms with Crippen LogP contribution >= 0.6 is 0 Å². The zero-order valence-electron chi connectivity index (χ0n) is 8.06. The molecule has 0 bridgehead atoms. The minimum atomic E-state index is 0.572. The molecule has 2 rings (SSSR count). The Morgan fingerprint density at radius 2 is 2.25 bits per heavy atom. The number of hydrogen-bond donors (Lipinski definition) is 1. The lowest BCUT2D eigenvalue weighted by Crippen LogP contribution is -2.27. The van der Waals surface area contributed by atoms with Crippen molar-refractivity contribution in [1.29, 1.82) is 5.41 Å². The van der Waals surface area contributed by atoms with Crippen LogP contribution in [0.2, 0.25) is 0 Å². The molecule has 68 valence electrons. The molecule has 1 saturated heterocycles. The third-order valence-corrected chi connectivity index (χ3v) is 3.38. The molecule has 0 radical (unpaired) electrons. The van der Waals surface area contributed by atoms with Gasteiger partial charge in [-0.3, -0.25) is 5.41 Å². The Hall–Kier alpha value is -0.530. The predicted octanol–water partition coefficient (Wildman–Crippen LogP) is 2.11. The predicted molar refractivity (Wildman–Crippen MR) is 50.4 cm³/mol. The van der Waals surface area contributed by atoms with E-state index < -0.39 is 0 Å². The van der Waals surface area contributed by atoms with Crippen molar-refractivity contribution in [3.63, 3.8) is 0 Å². The Balaban J connectivity index is 1.84. The number of nitrogens with zero attached hydrogens (tertiary/aromatic N) is 1. The fraction of sp³-hybridized carbons (Fsp3) is 0.900. The monoisotopic (exact) mass is 166 g/mol. The van der Waals surface area contributed by atoms with Gasteiger partial charge in [0.1, 0.15) is 0 Å². The first kappa shape index (κ1) is 8.09. The number of rotatable bonds is 2. The van der Waals surface area contributed by atoms with Crippen LogP contribution in [0.1, 0.15) is 33.1 Å². The van der Waals surface area contributed by atoms with Gasteiger partial charge in [-0.2, -0.15) is 0 Å². The summed E-state index contributed by atoms with van der Waals surface area (Å²) >= 11 is 0. The highest BCUT2D eigenvalue weighted by atomic mass is 15.2. The van der Waals surface area contributed by atoms with Gasteiger partial charge >= 0.3 is 0 Å². The first-order valence-corrected chi connectivity index (χ1v) is 4.92. The highest BCUT2D eigenvalue weighted by Crippen LogP contribution is 2.52. The molecule has 0 aromatic rings. The van der Waals surface area contributed by atoms with E-state index in [1.54, 1.807) is 0 Å². The second kappa shape index (κ2) is 2.48. The molecule has 1 heterocycles. The van der Waals surface area contributed by atoms with Crippen LogP contribution in [0.3, 0.4) is 0 Å². The van der Waals surface area contributed by atoms with Gasteiger partial charge in [-0.05, 0) is 24.2 Å². The van der Waals surface area contributed by atoms with Crippen molar-refractivity contribution < 1.29 is 0 Å². The van der Waals surface area contributed by atoms with E-state index in [0.29, 0.717) is 5.41 Å². The summed E-state index contributed by atoms with van der Waals surface area (Å²) in [6, 6.07) is 0. The third kappa shape index (κ3) is 1.35. The maximum absolute atomic E-state index is 7.68. The molecule has 1 aliphatic carbocycles. The summed E-state index contributed by atoms with van der Waals surface area (Å²) in [7, 11) is 0. The van der Waals surface area contributed by atoms with Crippen molar-refractivity contribution in [3.05, 3.63) is 0 Å². The van der Waals surface area contributed by atoms with Crippen molar-refractivity contribution in [3.8, 4) is 0 Å². The van der Waals surface area contributed by atoms with Crippen LogP contribution in [-0.2, 0) is 0 Å². The molecule has 0 amide bonds. The van der Waals surface area contributed by atoms with E-state index in [1.165, 1.54) is 12.8 Å². The van der Waals surface area contributed by atoms with E-state index in [-0.39, 0.29) is 0 Å². The van der Waals surface area contributed by atoms with E-state index in [1.807, 2.05) is 0 Å². The second-order valence-electron chi connectivity index (χ2n) is 4.89. The number of amidine groups is 1. The molecule has 2 nitrogen and oxygen atoms in total. The molecule has 1 aliphatic heterocycles. The van der Waals surface area contributed by atoms with Crippen molar-refractivity contribution in [2.75, 3.05) is 13.1 Å². The van der Waals surface area contributed by atoms with Crippen LogP contribution in [0, 0.1) is 16.7 Å². The van der Waals surface area contributed by atoms with Gasteiger partial charge in [0.2, 0.25) is 0 Å². The average Bonchev–Trinajstić information content (AvgIpc) is 2.39. The molecule has 0 aromatic heterocycles. The largest absolute Gasteiger partial charge is 0.360 e. The van der Waals surface area contributed by atoms with Gasteiger partial charge in [0.25, 0.3) is 0 Å². The SMILES string of the molecule is CC1(C)CC1CN1CCCC1=N. The van der Waals surface area contributed by atoms with Gasteiger partial charge in [0.05, 0.1) is 5.84 Å². The van der Waals surface area contributed by atoms with Crippen molar-refractivity contribution in [2.24, 2.45) is 11.3 Å². The quantitative estimate of drug-likeness (QED) is 0.668. The van der Waals surface area contributed by atoms with Crippen LogP contribution in [0.4, 0.5) is 0 Å². The van der Waals surface area contributed by atoms with E-state index in [0.717, 1.165) is 31.3 Å². The Morgan fingerprint density at radius 1 is 1.58 bits per heavy atom. The van der Waals surface area contributed by atoms with Crippen molar-refractivity contribution >= 4 is 5.84 Å². The van der Waals surface area contributed by atoms with Gasteiger partial charge in [0.15, 0.2) is 0 Å². The van der Waals surface area contributed by atoms with E-state index >= 15 is 0 Å². The Kier molecular flexibility index (Phi) is 1.67. The van der Waals surface area contributed by atoms with Gasteiger partial charge in [0, 0.05) is 19.5 Å². The second-order valence-corrected chi connectivity index (χ2v) is 4.89. The third-order valence-electron chi connectivity index (χ3n) is 3.38. The molecule has 1 saturated carbocycles. The van der Waals surface area contributed by atoms with Crippen LogP contribution < -0.4 is 0 Å². The van der Waals surface area contributed by atoms with Crippen LogP contribution in [0.15, 0.2) is 0 Å². The lowest BCUT2D eigenvalue weighted by Gasteiger charge is -2.18. The smallest absolute Gasteiger partial charge is 0.0958 e. The summed E-state index contributed by atoms with van der Waals surface area (Å²) in [5.74, 6) is 1.73. The van der Waals surface area contributed by atoms with E-state index in [2.05, 4.69) is 18.7 Å². The lowest BCUT2D eigenvalue weighted by atomic mass is 10.1. The molecule has 12 heavy (non-hydrogen) atoms. The fourth-order valence-corrected chi connectivity index (χ4v) is 2.09. The highest BCUT2D eigenvalue weighted by molar-refractivity contribution is 5.80. The maximum Gasteiger partial charge on any atom is 0.0958 e. The zero-order chi connectivity index (χ0) is 8.77. The fourth-order valence-electron chi connectivity index (χ4n) is 2.09. The lowest BCUT2D eigenvalue weighted by molar-refractivity contribution is 0.393. The minimum absolute atomic E-state index is 0.572. The molecule has 1 atom stereocenters. The summed E-state index contributed by atoms with van der Waals surface area (Å²) in [6.45, 7) is 6.94. The molecular weight excluding hydrogens is 148 g/mol. The van der Waals surface area contributed by atoms with Gasteiger partial charge in [-0.25, -0.2) is 0 Å². The summed E-state index contributed by atoms with van der Waals surface area (Å²) < 4.78 is 0. The standard InChI is InChI=1S/C10H18N2/c1-10(2)6-8(10)7-12-5-3-4-9(12)11/h8,11H,3-7H2,1-2H3. The maximum atomic E-state index is 7.68. The molecule has 2 fully saturated rings. The topological polar surface area (TPSA) is 27.1 Å². The van der Waals surface area contributed by atoms with Crippen molar-refractivity contribution in [2.45, 2.75) is 33.1 Å². The highest BCUT2D eigenvalue weighted by Gasteiger charge is 2.46. The summed E-state index contributed by atoms with van der Waals surface area (Å²) in [5, 5.41) is 7.68. The normalized spacial score (nSPS) is 32.7. The van der Waals surface area contributed by atoms with Crippen LogP contribution in [0.5, 0.6) is 0 Å². The van der Waals surface area contributed by atoms with Gasteiger partial charge in [-0.15, -0.1) is 0 Å². The molecule has 2 heteroatoms. The van der Waals surface area contributed by atoms with Crippen LogP contribution in [-0.4, -0.2) is 23.8 Å². The molecule has 2 aliphatic rings. The number of hydrogen-bond acceptors (Lipinski definition) is 1. The molecule has 1 unspecified atom stereocenters. The minimum Gasteiger partial charge on any atom is -0.360 e. The van der Waals surface area contributed by atoms with Gasteiger partial charge in [-0.1, -0.05) is 13.8 Å². The van der Waals surface area contributed by atoms with Crippen molar-refractivity contribution in [1.82, 2.24) is 4.90 Å². The molecule has 0 aromatic carbocycles. The molecular formula is C10H18N2. The zero-order valence-corrected chi connectivity index (χ0v) is 8.06. The number of nitrogens with one attached hydrogen (secondary N) is 1. The first-order valence-electron chi connectivity index (χ1n) is 4.92. The summed E-state index contributed by atoms with van der Waals surface area (Å²) in [5.41, 5.74) is 0.572. The first-order chi connectivity index (χ1) is 5.59. The van der Waals surface area contributed by atoms with Crippen LogP contribution in [0.25, 0.3) is 0 Å². The Morgan fingerprint density at radius 3 is 2.67 bits per heavy atom. The van der Waals surface area contributed by atoms with E-state index in [9.17, 15) is 0 Å². The van der Waals surface area contributed by atoms with Gasteiger partial charge < -0.3 is 4.90 Å². The Labute approximate surface area is 74.5 Å². The Bertz CT molecular complexity index is 208. The molecule has 0 spiro atoms. The van der Waals surface area contributed by atoms with E-state index in [4.69, 9.17) is 5.41 Å². The average molecular weight is 166 g/mol. The molecule has 1 N–H and O–H groups in total. The summed E-state index contributed by atoms with van der Waals surface area (Å²) in [4.78, 5) is 2.26.